The summed E-state index contributed by atoms with van der Waals surface area (Å²) in [5.41, 5.74) is 1.94. The smallest absolute Gasteiger partial charge is 0.251 e. The minimum absolute atomic E-state index is 0.0220. The fourth-order valence-corrected chi connectivity index (χ4v) is 2.14. The first kappa shape index (κ1) is 17.7. The van der Waals surface area contributed by atoms with E-state index in [-0.39, 0.29) is 11.7 Å². The van der Waals surface area contributed by atoms with Gasteiger partial charge >= 0.3 is 0 Å². The normalized spacial score (nSPS) is 10.2. The van der Waals surface area contributed by atoms with Gasteiger partial charge in [-0.3, -0.25) is 9.59 Å². The minimum atomic E-state index is -0.200. The maximum atomic E-state index is 12.2. The molecular formula is C19H22N2O3. The number of hydrogen-bond acceptors (Lipinski definition) is 4. The highest BCUT2D eigenvalue weighted by Gasteiger charge is 2.09. The molecule has 24 heavy (non-hydrogen) atoms. The van der Waals surface area contributed by atoms with Crippen LogP contribution in [0.4, 0.5) is 0 Å². The van der Waals surface area contributed by atoms with E-state index in [1.54, 1.807) is 30.5 Å². The molecule has 0 spiro atoms. The number of benzene rings is 1. The number of pyridine rings is 1. The van der Waals surface area contributed by atoms with Crippen LogP contribution in [0.15, 0.2) is 42.6 Å². The van der Waals surface area contributed by atoms with Crippen molar-refractivity contribution in [3.63, 3.8) is 0 Å². The number of Topliss-reactive ketones (excluding diaryl/α,β-unsaturated/α-hetero) is 1. The summed E-state index contributed by atoms with van der Waals surface area (Å²) in [6.45, 7) is 4.54. The summed E-state index contributed by atoms with van der Waals surface area (Å²) in [5.74, 6) is 0.331. The summed E-state index contributed by atoms with van der Waals surface area (Å²) < 4.78 is 5.66. The second kappa shape index (κ2) is 8.82. The molecule has 0 aliphatic carbocycles. The van der Waals surface area contributed by atoms with Crippen molar-refractivity contribution in [2.24, 2.45) is 0 Å². The number of carbonyl (C=O) groups is 2. The maximum absolute atomic E-state index is 12.2. The summed E-state index contributed by atoms with van der Waals surface area (Å²) >= 11 is 0. The van der Waals surface area contributed by atoms with Crippen molar-refractivity contribution in [1.29, 1.82) is 0 Å². The highest BCUT2D eigenvalue weighted by molar-refractivity contribution is 5.97. The quantitative estimate of drug-likeness (QED) is 0.596. The number of nitrogens with one attached hydrogen (secondary N) is 1. The number of amides is 1. The van der Waals surface area contributed by atoms with Crippen LogP contribution in [0.25, 0.3) is 0 Å². The number of ketones is 1. The molecule has 0 bridgehead atoms. The molecule has 0 unspecified atom stereocenters. The number of aromatic nitrogens is 1. The van der Waals surface area contributed by atoms with E-state index < -0.39 is 0 Å². The molecule has 0 aliphatic heterocycles. The van der Waals surface area contributed by atoms with E-state index in [4.69, 9.17) is 4.74 Å². The first-order valence-corrected chi connectivity index (χ1v) is 8.07. The number of hydrogen-bond donors (Lipinski definition) is 1. The van der Waals surface area contributed by atoms with Crippen LogP contribution >= 0.6 is 0 Å². The Labute approximate surface area is 142 Å². The van der Waals surface area contributed by atoms with Gasteiger partial charge in [0.05, 0.1) is 6.61 Å². The van der Waals surface area contributed by atoms with Crippen molar-refractivity contribution < 1.29 is 14.3 Å². The van der Waals surface area contributed by atoms with E-state index in [2.05, 4.69) is 17.2 Å². The fraction of sp³-hybridized carbons (Fsp3) is 0.316. The Morgan fingerprint density at radius 1 is 1.12 bits per heavy atom. The molecule has 2 rings (SSSR count). The third-order valence-electron chi connectivity index (χ3n) is 3.58. The Balaban J connectivity index is 1.97. The van der Waals surface area contributed by atoms with E-state index in [0.717, 1.165) is 18.4 Å². The van der Waals surface area contributed by atoms with Crippen molar-refractivity contribution in [1.82, 2.24) is 10.3 Å². The van der Waals surface area contributed by atoms with Gasteiger partial charge in [0.25, 0.3) is 5.91 Å². The van der Waals surface area contributed by atoms with Crippen molar-refractivity contribution in [3.05, 3.63) is 59.3 Å². The van der Waals surface area contributed by atoms with Crippen LogP contribution in [-0.4, -0.2) is 23.3 Å². The summed E-state index contributed by atoms with van der Waals surface area (Å²) in [6, 6.07) is 10.3. The summed E-state index contributed by atoms with van der Waals surface area (Å²) in [6.07, 6.45) is 3.69. The van der Waals surface area contributed by atoms with Crippen LogP contribution in [0.3, 0.4) is 0 Å². The summed E-state index contributed by atoms with van der Waals surface area (Å²) in [4.78, 5) is 27.7. The highest BCUT2D eigenvalue weighted by Crippen LogP contribution is 2.15. The second-order valence-electron chi connectivity index (χ2n) is 5.49. The Kier molecular flexibility index (Phi) is 6.49. The third kappa shape index (κ3) is 4.91. The van der Waals surface area contributed by atoms with Gasteiger partial charge in [0.2, 0.25) is 5.88 Å². The van der Waals surface area contributed by atoms with Crippen LogP contribution in [0.5, 0.6) is 5.88 Å². The number of ether oxygens (including phenoxy) is 1. The molecule has 0 radical (unpaired) electrons. The first-order chi connectivity index (χ1) is 11.6. The second-order valence-corrected chi connectivity index (χ2v) is 5.49. The van der Waals surface area contributed by atoms with Crippen LogP contribution < -0.4 is 10.1 Å². The Morgan fingerprint density at radius 3 is 2.50 bits per heavy atom. The summed E-state index contributed by atoms with van der Waals surface area (Å²) in [7, 11) is 0. The van der Waals surface area contributed by atoms with E-state index in [1.165, 1.54) is 6.92 Å². The maximum Gasteiger partial charge on any atom is 0.251 e. The molecule has 2 aromatic rings. The predicted molar refractivity (Wildman–Crippen MR) is 92.3 cm³/mol. The van der Waals surface area contributed by atoms with Gasteiger partial charge in [-0.2, -0.15) is 0 Å². The number of carbonyl (C=O) groups excluding carboxylic acids is 2. The van der Waals surface area contributed by atoms with E-state index in [0.29, 0.717) is 30.2 Å². The highest BCUT2D eigenvalue weighted by atomic mass is 16.5. The molecule has 0 saturated heterocycles. The molecule has 1 aromatic carbocycles. The lowest BCUT2D eigenvalue weighted by molar-refractivity contribution is 0.0948. The molecule has 1 N–H and O–H groups in total. The first-order valence-electron chi connectivity index (χ1n) is 8.07. The lowest BCUT2D eigenvalue weighted by Crippen LogP contribution is -2.23. The monoisotopic (exact) mass is 326 g/mol. The van der Waals surface area contributed by atoms with Gasteiger partial charge in [-0.1, -0.05) is 31.5 Å². The SMILES string of the molecule is CCCCOc1ncccc1CNC(=O)c1ccc(C(C)=O)cc1. The van der Waals surface area contributed by atoms with Gasteiger partial charge < -0.3 is 10.1 Å². The molecule has 0 fully saturated rings. The Bertz CT molecular complexity index is 696. The lowest BCUT2D eigenvalue weighted by Gasteiger charge is -2.11. The zero-order valence-corrected chi connectivity index (χ0v) is 14.0. The Hall–Kier alpha value is -2.69. The average molecular weight is 326 g/mol. The molecule has 1 aromatic heterocycles. The molecule has 0 atom stereocenters. The van der Waals surface area contributed by atoms with Gasteiger partial charge in [0, 0.05) is 29.4 Å². The minimum Gasteiger partial charge on any atom is -0.477 e. The summed E-state index contributed by atoms with van der Waals surface area (Å²) in [5, 5.41) is 2.85. The topological polar surface area (TPSA) is 68.3 Å². The number of nitrogens with zero attached hydrogens (tertiary/aromatic N) is 1. The molecule has 1 heterocycles. The largest absolute Gasteiger partial charge is 0.477 e. The molecule has 5 heteroatoms. The van der Waals surface area contributed by atoms with Gasteiger partial charge in [-0.05, 0) is 31.5 Å². The molecule has 126 valence electrons. The van der Waals surface area contributed by atoms with Crippen LogP contribution in [0.1, 0.15) is 53.0 Å². The van der Waals surface area contributed by atoms with Crippen molar-refractivity contribution in [2.45, 2.75) is 33.2 Å². The molecule has 5 nitrogen and oxygen atoms in total. The molecule has 0 saturated carbocycles. The molecule has 1 amide bonds. The standard InChI is InChI=1S/C19H22N2O3/c1-3-4-12-24-19-17(6-5-11-20-19)13-21-18(23)16-9-7-15(8-10-16)14(2)22/h5-11H,3-4,12-13H2,1-2H3,(H,21,23). The van der Waals surface area contributed by atoms with Crippen LogP contribution in [-0.2, 0) is 6.54 Å². The number of rotatable bonds is 8. The van der Waals surface area contributed by atoms with Gasteiger partial charge in [0.1, 0.15) is 0 Å². The lowest BCUT2D eigenvalue weighted by atomic mass is 10.1. The Morgan fingerprint density at radius 2 is 1.83 bits per heavy atom. The van der Waals surface area contributed by atoms with Crippen molar-refractivity contribution >= 4 is 11.7 Å². The molecular weight excluding hydrogens is 304 g/mol. The zero-order valence-electron chi connectivity index (χ0n) is 14.0. The van der Waals surface area contributed by atoms with Crippen molar-refractivity contribution in [2.75, 3.05) is 6.61 Å². The van der Waals surface area contributed by atoms with Gasteiger partial charge in [-0.15, -0.1) is 0 Å². The average Bonchev–Trinajstić information content (AvgIpc) is 2.61. The van der Waals surface area contributed by atoms with Crippen LogP contribution in [0.2, 0.25) is 0 Å². The third-order valence-corrected chi connectivity index (χ3v) is 3.58. The van der Waals surface area contributed by atoms with E-state index in [1.807, 2.05) is 12.1 Å². The molecule has 0 aliphatic rings. The van der Waals surface area contributed by atoms with E-state index in [9.17, 15) is 9.59 Å². The van der Waals surface area contributed by atoms with Gasteiger partial charge in [-0.25, -0.2) is 4.98 Å². The van der Waals surface area contributed by atoms with Crippen LogP contribution in [0, 0.1) is 0 Å². The number of unbranched alkanes of at least 4 members (excludes halogenated alkanes) is 1. The fourth-order valence-electron chi connectivity index (χ4n) is 2.14. The van der Waals surface area contributed by atoms with Gasteiger partial charge in [0.15, 0.2) is 5.78 Å². The van der Waals surface area contributed by atoms with E-state index >= 15 is 0 Å². The zero-order chi connectivity index (χ0) is 17.4. The predicted octanol–water partition coefficient (Wildman–Crippen LogP) is 3.39. The van der Waals surface area contributed by atoms with Crippen molar-refractivity contribution in [3.8, 4) is 5.88 Å².